The third kappa shape index (κ3) is 19.0. The van der Waals surface area contributed by atoms with E-state index in [0.717, 1.165) is 46.5 Å². The summed E-state index contributed by atoms with van der Waals surface area (Å²) in [4.78, 5) is 162. The number of nitrogens with one attached hydrogen (secondary N) is 4. The maximum absolute atomic E-state index is 14.6. The Morgan fingerprint density at radius 1 is 0.598 bits per heavy atom. The molecule has 0 radical (unpaired) electrons. The minimum atomic E-state index is -5.02. The Kier molecular flexibility index (Phi) is 25.3. The number of nitrogens with two attached hydrogens (primary N) is 1. The van der Waals surface area contributed by atoms with E-state index < -0.39 is 211 Å². The molecule has 4 aliphatic heterocycles. The summed E-state index contributed by atoms with van der Waals surface area (Å²) in [5.74, 6) is -0.265. The van der Waals surface area contributed by atoms with Gasteiger partial charge in [0.1, 0.15) is 88.2 Å². The van der Waals surface area contributed by atoms with Gasteiger partial charge in [-0.15, -0.1) is 0 Å². The number of anilines is 1. The number of fused-ring (bicyclic) bond motifs is 1. The Hall–Kier alpha value is -3.47. The lowest BCUT2D eigenvalue weighted by molar-refractivity contribution is -0.221. The van der Waals surface area contributed by atoms with Gasteiger partial charge in [-0.05, 0) is 34.6 Å². The van der Waals surface area contributed by atoms with Crippen molar-refractivity contribution >= 4 is 110 Å². The molecular weight excluding hydrogens is 1500 g/mol. The number of nitrogen functional groups attached to an aromatic ring is 1. The standard InChI is InChI=1S/C47H68N11O29P5S5/c1-20(2)83-89(68,94)75-15-27-25(11-31(80-27)58-19-49-32-37(58)50-44(48)51-41(32)63)85-90(69,95)76-16-26-24(10-30(79-26)55-12-21(3)38(60)52-45(55)64)84-91(70,96)77-17-28-34(36(73-7)43(81-28)57-14-23(5)40(62)54-47(57)66)87-92(71,97)78-18-29-33(86-88(67,93)74-9-8-59)35(72-6)42(82-29)56-13-22(4)39(61)53-46(56)65/h12-14,19-20,24-31,33-36,42-43,59H,8-11,15-18H2,1-7H3,(H,67,93)(H,68,94)(H,69,95)(H,70,96)(H,71,97)(H,52,60,64)(H,53,61,65)(H,54,62,66)(H3,48,50,51,63)/p-5/t24?,25?,26-,27-,28-,29-,30-,31-,33?,34?,35+,36+,42-,43-,88?,89?,90?,91?,92?/m1/s1. The number of nitrogens with zero attached hydrogens (tertiary/aromatic N) is 6. The molecule has 19 atom stereocenters. The number of H-pyrrole nitrogens is 4. The highest BCUT2D eigenvalue weighted by Crippen LogP contribution is 2.54. The number of hydrogen-bond acceptors (Lipinski definition) is 37. The molecule has 4 fully saturated rings. The lowest BCUT2D eigenvalue weighted by Crippen LogP contribution is -2.42. The van der Waals surface area contributed by atoms with E-state index in [1.165, 1.54) is 31.7 Å². The molecule has 7 N–H and O–H groups in total. The first kappa shape index (κ1) is 77.7. The summed E-state index contributed by atoms with van der Waals surface area (Å²) in [6.07, 6.45) is -17.8. The van der Waals surface area contributed by atoms with Crippen LogP contribution in [0.2, 0.25) is 0 Å². The Balaban J connectivity index is 0.953. The van der Waals surface area contributed by atoms with Gasteiger partial charge in [-0.3, -0.25) is 61.9 Å². The van der Waals surface area contributed by atoms with Crippen LogP contribution in [0.15, 0.2) is 58.5 Å². The maximum Gasteiger partial charge on any atom is 0.330 e. The first-order valence-corrected chi connectivity index (χ1v) is 41.4. The van der Waals surface area contributed by atoms with Gasteiger partial charge in [-0.25, -0.2) is 19.4 Å². The molecule has 540 valence electrons. The number of ether oxygens (including phenoxy) is 6. The van der Waals surface area contributed by atoms with Crippen molar-refractivity contribution in [3.63, 3.8) is 0 Å². The van der Waals surface area contributed by atoms with Crippen molar-refractivity contribution < 1.29 is 103 Å². The molecule has 0 saturated carbocycles. The first-order chi connectivity index (χ1) is 45.4. The van der Waals surface area contributed by atoms with E-state index in [1.807, 2.05) is 0 Å². The van der Waals surface area contributed by atoms with Crippen LogP contribution in [0.5, 0.6) is 0 Å². The molecule has 97 heavy (non-hydrogen) atoms. The average molecular weight is 1560 g/mol. The quantitative estimate of drug-likeness (QED) is 0.0187. The molecule has 5 aromatic rings. The topological polar surface area (TPSA) is 531 Å². The van der Waals surface area contributed by atoms with Gasteiger partial charge in [0.05, 0.1) is 64.3 Å². The van der Waals surface area contributed by atoms with Crippen LogP contribution in [0.1, 0.15) is 68.3 Å². The lowest BCUT2D eigenvalue weighted by Gasteiger charge is -2.36. The predicted octanol–water partition coefficient (Wildman–Crippen LogP) is -3.29. The second-order valence-electron chi connectivity index (χ2n) is 22.0. The number of aliphatic hydroxyl groups is 1. The summed E-state index contributed by atoms with van der Waals surface area (Å²) >= 11 is 26.3. The zero-order chi connectivity index (χ0) is 71.0. The van der Waals surface area contributed by atoms with Crippen LogP contribution >= 0.6 is 33.7 Å². The molecule has 5 aromatic heterocycles. The number of aryl methyl sites for hydroxylation is 3. The highest BCUT2D eigenvalue weighted by Gasteiger charge is 2.52. The van der Waals surface area contributed by atoms with Crippen LogP contribution in [0.25, 0.3) is 11.2 Å². The van der Waals surface area contributed by atoms with Crippen molar-refractivity contribution in [2.45, 2.75) is 140 Å². The molecule has 0 aliphatic carbocycles. The number of rotatable bonds is 31. The van der Waals surface area contributed by atoms with Gasteiger partial charge < -0.3 is 116 Å². The molecule has 0 bridgehead atoms. The van der Waals surface area contributed by atoms with Crippen LogP contribution in [0, 0.1) is 20.8 Å². The Bertz CT molecular complexity index is 4400. The Labute approximate surface area is 571 Å². The second kappa shape index (κ2) is 31.6. The van der Waals surface area contributed by atoms with Gasteiger partial charge in [0.2, 0.25) is 5.95 Å². The van der Waals surface area contributed by atoms with Crippen molar-refractivity contribution in [1.29, 1.82) is 0 Å². The molecule has 0 amide bonds. The molecule has 0 aromatic carbocycles. The van der Waals surface area contributed by atoms with Crippen LogP contribution in [-0.2, 0) is 138 Å². The Morgan fingerprint density at radius 3 is 1.51 bits per heavy atom. The fourth-order valence-electron chi connectivity index (χ4n) is 10.5. The van der Waals surface area contributed by atoms with Gasteiger partial charge in [-0.1, -0.05) is 47.2 Å². The van der Waals surface area contributed by atoms with Crippen molar-refractivity contribution in [3.05, 3.63) is 114 Å². The predicted molar refractivity (Wildman–Crippen MR) is 342 cm³/mol. The summed E-state index contributed by atoms with van der Waals surface area (Å²) in [6.45, 7) is -20.8. The molecule has 9 heterocycles. The van der Waals surface area contributed by atoms with E-state index >= 15 is 0 Å². The van der Waals surface area contributed by atoms with Crippen molar-refractivity contribution in [3.8, 4) is 0 Å². The average Bonchev–Trinajstić information content (AvgIpc) is 1.66. The van der Waals surface area contributed by atoms with E-state index in [2.05, 4.69) is 29.9 Å². The van der Waals surface area contributed by atoms with Crippen molar-refractivity contribution in [1.82, 2.24) is 48.2 Å². The number of aromatic nitrogens is 10. The summed E-state index contributed by atoms with van der Waals surface area (Å²) < 4.78 is 111. The molecule has 40 nitrogen and oxygen atoms in total. The highest BCUT2D eigenvalue weighted by molar-refractivity contribution is 8.32. The monoisotopic (exact) mass is 1560 g/mol. The smallest absolute Gasteiger partial charge is 0.330 e. The number of imidazole rings is 1. The fourth-order valence-corrected chi connectivity index (χ4v) is 17.9. The third-order valence-corrected chi connectivity index (χ3v) is 22.8. The molecule has 9 rings (SSSR count). The second-order valence-corrected chi connectivity index (χ2v) is 35.6. The third-order valence-electron chi connectivity index (χ3n) is 14.8. The van der Waals surface area contributed by atoms with E-state index in [-0.39, 0.29) is 40.2 Å². The van der Waals surface area contributed by atoms with Gasteiger partial charge in [0.15, 0.2) is 30.4 Å². The number of hydrogen-bond donors (Lipinski definition) is 6. The zero-order valence-corrected chi connectivity index (χ0v) is 60.1. The normalized spacial score (nSPS) is 29.2. The molecule has 9 unspecified atom stereocenters. The van der Waals surface area contributed by atoms with Crippen LogP contribution in [0.4, 0.5) is 5.95 Å². The van der Waals surface area contributed by atoms with Crippen molar-refractivity contribution in [2.75, 3.05) is 59.6 Å². The molecule has 50 heteroatoms. The largest absolute Gasteiger partial charge is 0.780 e. The van der Waals surface area contributed by atoms with E-state index in [0.29, 0.717) is 0 Å². The maximum atomic E-state index is 14.6. The minimum absolute atomic E-state index is 0.00729. The molecule has 0 spiro atoms. The van der Waals surface area contributed by atoms with E-state index in [1.54, 1.807) is 13.8 Å². The molecule has 4 aliphatic rings. The highest BCUT2D eigenvalue weighted by atomic mass is 32.7. The fraction of sp³-hybridized carbons (Fsp3) is 0.638. The lowest BCUT2D eigenvalue weighted by atomic mass is 10.1. The van der Waals surface area contributed by atoms with Gasteiger partial charge in [-0.2, -0.15) is 4.98 Å². The number of aromatic amines is 4. The number of aliphatic hydroxyl groups excluding tert-OH is 1. The van der Waals surface area contributed by atoms with Crippen LogP contribution < -0.4 is 64.6 Å². The first-order valence-electron chi connectivity index (χ1n) is 28.6. The number of methoxy groups -OCH3 is 2. The zero-order valence-electron chi connectivity index (χ0n) is 51.5. The summed E-state index contributed by atoms with van der Waals surface area (Å²) in [5, 5.41) is 9.36. The van der Waals surface area contributed by atoms with Gasteiger partial charge in [0.25, 0.3) is 22.2 Å². The molecule has 4 saturated heterocycles. The van der Waals surface area contributed by atoms with Gasteiger partial charge in [0, 0.05) is 62.3 Å². The van der Waals surface area contributed by atoms with Crippen LogP contribution in [0.3, 0.4) is 0 Å². The summed E-state index contributed by atoms with van der Waals surface area (Å²) in [5.41, 5.74) is -0.206. The Morgan fingerprint density at radius 2 is 1.02 bits per heavy atom. The summed E-state index contributed by atoms with van der Waals surface area (Å²) in [7, 11) is 2.27. The summed E-state index contributed by atoms with van der Waals surface area (Å²) in [6, 6.07) is 0. The van der Waals surface area contributed by atoms with Gasteiger partial charge >= 0.3 is 17.1 Å². The van der Waals surface area contributed by atoms with E-state index in [9.17, 15) is 62.8 Å². The molecular formula is C47H63N11O29P5S5-5. The van der Waals surface area contributed by atoms with Crippen LogP contribution in [-0.4, -0.2) is 174 Å². The van der Waals surface area contributed by atoms with Crippen molar-refractivity contribution in [2.24, 2.45) is 0 Å². The minimum Gasteiger partial charge on any atom is -0.780 e. The SMILES string of the molecule is CO[C@H]1C(OP([O-])(=S)OC[C@H]2O[C@@H](n3cc(C)c(=O)[nH]c3=O)[C@@H](OC)C2OP([O-])(=S)OCCO)[C@@H](COP(=O)([S-])OC2C[C@H](n3cc(C)c(=O)[nH]c3=O)O[C@@H]2COP([O-])(=S)OC2C[C@H](n3cnc4c(=O)[nH]c(N)nc43)O[C@@H]2COP([O-])(=S)OC(C)C)O[C@H]1n1cc(C)c(=O)[nH]c1=O. The van der Waals surface area contributed by atoms with E-state index in [4.69, 9.17) is 139 Å².